The summed E-state index contributed by atoms with van der Waals surface area (Å²) in [4.78, 5) is 26.1. The number of hydrogen-bond donors (Lipinski definition) is 2. The van der Waals surface area contributed by atoms with Crippen molar-refractivity contribution in [1.82, 2.24) is 4.90 Å². The van der Waals surface area contributed by atoms with Crippen LogP contribution in [0.5, 0.6) is 0 Å². The molecule has 0 aliphatic rings. The summed E-state index contributed by atoms with van der Waals surface area (Å²) in [6, 6.07) is 25.7. The number of amides is 2. The zero-order chi connectivity index (χ0) is 21.3. The van der Waals surface area contributed by atoms with E-state index < -0.39 is 0 Å². The monoisotopic (exact) mass is 401 g/mol. The van der Waals surface area contributed by atoms with Crippen molar-refractivity contribution in [2.75, 3.05) is 30.8 Å². The van der Waals surface area contributed by atoms with Crippen LogP contribution in [0, 0.1) is 6.92 Å². The summed E-state index contributed by atoms with van der Waals surface area (Å²) in [5.41, 5.74) is 5.10. The van der Waals surface area contributed by atoms with Crippen LogP contribution in [0.25, 0.3) is 0 Å². The maximum absolute atomic E-state index is 12.5. The van der Waals surface area contributed by atoms with Crippen LogP contribution in [0.2, 0.25) is 0 Å². The second kappa shape index (κ2) is 10.3. The van der Waals surface area contributed by atoms with Gasteiger partial charge >= 0.3 is 0 Å². The molecule has 0 aromatic heterocycles. The summed E-state index contributed by atoms with van der Waals surface area (Å²) in [6.45, 7) is 2.11. The molecule has 0 spiro atoms. The van der Waals surface area contributed by atoms with Gasteiger partial charge in [-0.05, 0) is 42.7 Å². The molecule has 5 nitrogen and oxygen atoms in total. The smallest absolute Gasteiger partial charge is 0.243 e. The van der Waals surface area contributed by atoms with Crippen LogP contribution >= 0.6 is 0 Å². The SMILES string of the molecule is Cc1ccc(NC(=O)CN(C)C(=O)CNc2ccccc2Cc2ccccc2)cc1. The molecule has 0 bridgehead atoms. The number of nitrogens with zero attached hydrogens (tertiary/aromatic N) is 1. The third-order valence-corrected chi connectivity index (χ3v) is 4.83. The van der Waals surface area contributed by atoms with Crippen LogP contribution in [0.3, 0.4) is 0 Å². The highest BCUT2D eigenvalue weighted by Crippen LogP contribution is 2.19. The Morgan fingerprint density at radius 2 is 1.53 bits per heavy atom. The van der Waals surface area contributed by atoms with E-state index in [-0.39, 0.29) is 24.9 Å². The molecule has 0 aliphatic heterocycles. The molecule has 154 valence electrons. The quantitative estimate of drug-likeness (QED) is 0.598. The van der Waals surface area contributed by atoms with E-state index in [1.165, 1.54) is 10.5 Å². The van der Waals surface area contributed by atoms with Crippen LogP contribution < -0.4 is 10.6 Å². The lowest BCUT2D eigenvalue weighted by atomic mass is 10.0. The number of likely N-dealkylation sites (N-methyl/N-ethyl adjacent to an activating group) is 1. The highest BCUT2D eigenvalue weighted by molar-refractivity contribution is 5.95. The Morgan fingerprint density at radius 3 is 2.27 bits per heavy atom. The number of benzene rings is 3. The van der Waals surface area contributed by atoms with Gasteiger partial charge in [0.05, 0.1) is 13.1 Å². The molecule has 30 heavy (non-hydrogen) atoms. The van der Waals surface area contributed by atoms with Gasteiger partial charge in [-0.3, -0.25) is 9.59 Å². The van der Waals surface area contributed by atoms with Crippen molar-refractivity contribution in [3.63, 3.8) is 0 Å². The number of carbonyl (C=O) groups is 2. The van der Waals surface area contributed by atoms with Gasteiger partial charge in [-0.25, -0.2) is 0 Å². The summed E-state index contributed by atoms with van der Waals surface area (Å²) in [7, 11) is 1.63. The Kier molecular flexibility index (Phi) is 7.22. The van der Waals surface area contributed by atoms with E-state index in [0.717, 1.165) is 28.9 Å². The normalized spacial score (nSPS) is 10.3. The Morgan fingerprint density at radius 1 is 0.867 bits per heavy atom. The minimum Gasteiger partial charge on any atom is -0.376 e. The van der Waals surface area contributed by atoms with Crippen molar-refractivity contribution < 1.29 is 9.59 Å². The molecule has 0 unspecified atom stereocenters. The summed E-state index contributed by atoms with van der Waals surface area (Å²) in [5.74, 6) is -0.372. The molecule has 0 saturated carbocycles. The lowest BCUT2D eigenvalue weighted by Crippen LogP contribution is -2.38. The molecular formula is C25H27N3O2. The second-order valence-electron chi connectivity index (χ2n) is 7.34. The Balaban J connectivity index is 1.52. The first kappa shape index (κ1) is 21.1. The molecule has 0 fully saturated rings. The average molecular weight is 402 g/mol. The predicted octanol–water partition coefficient (Wildman–Crippen LogP) is 4.09. The average Bonchev–Trinajstić information content (AvgIpc) is 2.75. The zero-order valence-electron chi connectivity index (χ0n) is 17.4. The van der Waals surface area contributed by atoms with Gasteiger partial charge in [0.15, 0.2) is 0 Å². The Hall–Kier alpha value is -3.60. The molecule has 0 saturated heterocycles. The fourth-order valence-corrected chi connectivity index (χ4v) is 3.11. The predicted molar refractivity (Wildman–Crippen MR) is 122 cm³/mol. The lowest BCUT2D eigenvalue weighted by Gasteiger charge is -2.18. The number of carbonyl (C=O) groups excluding carboxylic acids is 2. The number of anilines is 2. The first-order chi connectivity index (χ1) is 14.5. The molecule has 0 aliphatic carbocycles. The number of nitrogens with one attached hydrogen (secondary N) is 2. The van der Waals surface area contributed by atoms with Crippen LogP contribution in [0.1, 0.15) is 16.7 Å². The molecular weight excluding hydrogens is 374 g/mol. The molecule has 3 rings (SSSR count). The van der Waals surface area contributed by atoms with Crippen molar-refractivity contribution in [2.45, 2.75) is 13.3 Å². The van der Waals surface area contributed by atoms with Gasteiger partial charge in [-0.15, -0.1) is 0 Å². The molecule has 0 radical (unpaired) electrons. The van der Waals surface area contributed by atoms with E-state index in [4.69, 9.17) is 0 Å². The fraction of sp³-hybridized carbons (Fsp3) is 0.200. The maximum atomic E-state index is 12.5. The number of aryl methyl sites for hydroxylation is 1. The molecule has 0 atom stereocenters. The van der Waals surface area contributed by atoms with Crippen molar-refractivity contribution in [3.8, 4) is 0 Å². The van der Waals surface area contributed by atoms with Gasteiger partial charge in [0.1, 0.15) is 0 Å². The fourth-order valence-electron chi connectivity index (χ4n) is 3.11. The Bertz CT molecular complexity index is 985. The van der Waals surface area contributed by atoms with Crippen molar-refractivity contribution in [1.29, 1.82) is 0 Å². The van der Waals surface area contributed by atoms with E-state index in [9.17, 15) is 9.59 Å². The molecule has 2 N–H and O–H groups in total. The summed E-state index contributed by atoms with van der Waals surface area (Å²) in [6.07, 6.45) is 0.785. The van der Waals surface area contributed by atoms with E-state index in [1.807, 2.05) is 67.6 Å². The lowest BCUT2D eigenvalue weighted by molar-refractivity contribution is -0.131. The summed E-state index contributed by atoms with van der Waals surface area (Å²) < 4.78 is 0. The molecule has 0 heterocycles. The first-order valence-corrected chi connectivity index (χ1v) is 9.97. The molecule has 3 aromatic carbocycles. The standard InChI is InChI=1S/C25H27N3O2/c1-19-12-14-22(15-13-19)27-24(29)18-28(2)25(30)17-26-23-11-7-6-10-21(23)16-20-8-4-3-5-9-20/h3-15,26H,16-18H2,1-2H3,(H,27,29). The highest BCUT2D eigenvalue weighted by atomic mass is 16.2. The minimum absolute atomic E-state index is 0.0000515. The largest absolute Gasteiger partial charge is 0.376 e. The molecule has 3 aromatic rings. The maximum Gasteiger partial charge on any atom is 0.243 e. The van der Waals surface area contributed by atoms with E-state index >= 15 is 0 Å². The van der Waals surface area contributed by atoms with Crippen molar-refractivity contribution in [2.24, 2.45) is 0 Å². The Labute approximate surface area is 177 Å². The van der Waals surface area contributed by atoms with Gasteiger partial charge < -0.3 is 15.5 Å². The van der Waals surface area contributed by atoms with Gasteiger partial charge in [0, 0.05) is 18.4 Å². The third-order valence-electron chi connectivity index (χ3n) is 4.83. The zero-order valence-corrected chi connectivity index (χ0v) is 17.4. The van der Waals surface area contributed by atoms with Crippen molar-refractivity contribution in [3.05, 3.63) is 95.6 Å². The van der Waals surface area contributed by atoms with Crippen LogP contribution in [-0.4, -0.2) is 36.9 Å². The number of rotatable bonds is 8. The van der Waals surface area contributed by atoms with E-state index in [1.54, 1.807) is 7.05 Å². The van der Waals surface area contributed by atoms with Gasteiger partial charge in [-0.1, -0.05) is 66.2 Å². The summed E-state index contributed by atoms with van der Waals surface area (Å²) >= 11 is 0. The highest BCUT2D eigenvalue weighted by Gasteiger charge is 2.13. The number of para-hydroxylation sites is 1. The van der Waals surface area contributed by atoms with Crippen molar-refractivity contribution >= 4 is 23.2 Å². The van der Waals surface area contributed by atoms with Gasteiger partial charge in [0.2, 0.25) is 11.8 Å². The minimum atomic E-state index is -0.223. The number of hydrogen-bond acceptors (Lipinski definition) is 3. The molecule has 5 heteroatoms. The van der Waals surface area contributed by atoms with E-state index in [2.05, 4.69) is 28.8 Å². The van der Waals surface area contributed by atoms with Gasteiger partial charge in [0.25, 0.3) is 0 Å². The van der Waals surface area contributed by atoms with Crippen LogP contribution in [0.15, 0.2) is 78.9 Å². The topological polar surface area (TPSA) is 61.4 Å². The molecule has 2 amide bonds. The van der Waals surface area contributed by atoms with Crippen LogP contribution in [-0.2, 0) is 16.0 Å². The second-order valence-corrected chi connectivity index (χ2v) is 7.34. The van der Waals surface area contributed by atoms with Crippen LogP contribution in [0.4, 0.5) is 11.4 Å². The third kappa shape index (κ3) is 6.21. The van der Waals surface area contributed by atoms with Gasteiger partial charge in [-0.2, -0.15) is 0 Å². The first-order valence-electron chi connectivity index (χ1n) is 9.97. The van der Waals surface area contributed by atoms with E-state index in [0.29, 0.717) is 0 Å². The summed E-state index contributed by atoms with van der Waals surface area (Å²) in [5, 5.41) is 6.03.